The number of amidine groups is 1. The van der Waals surface area contributed by atoms with Gasteiger partial charge < -0.3 is 4.90 Å². The Bertz CT molecular complexity index is 1040. The molecule has 0 saturated carbocycles. The van der Waals surface area contributed by atoms with Crippen molar-refractivity contribution in [3.63, 3.8) is 0 Å². The number of hydrogen-bond donors (Lipinski definition) is 1. The molecule has 0 amide bonds. The van der Waals surface area contributed by atoms with E-state index in [1.54, 1.807) is 0 Å². The van der Waals surface area contributed by atoms with E-state index in [9.17, 15) is 8.42 Å². The molecule has 0 radical (unpaired) electrons. The first-order valence-electron chi connectivity index (χ1n) is 10.9. The summed E-state index contributed by atoms with van der Waals surface area (Å²) in [5, 5.41) is 0. The highest BCUT2D eigenvalue weighted by Crippen LogP contribution is 2.29. The first-order chi connectivity index (χ1) is 15.0. The van der Waals surface area contributed by atoms with Crippen LogP contribution >= 0.6 is 0 Å². The summed E-state index contributed by atoms with van der Waals surface area (Å²) >= 11 is 0. The zero-order valence-corrected chi connectivity index (χ0v) is 18.8. The number of rotatable bonds is 7. The minimum Gasteiger partial charge on any atom is -0.301 e. The monoisotopic (exact) mass is 438 g/mol. The zero-order valence-electron chi connectivity index (χ0n) is 18.0. The van der Waals surface area contributed by atoms with Gasteiger partial charge in [-0.3, -0.25) is 14.6 Å². The number of nitrogens with one attached hydrogen (secondary N) is 1. The van der Waals surface area contributed by atoms with E-state index in [-0.39, 0.29) is 0 Å². The van der Waals surface area contributed by atoms with Crippen LogP contribution < -0.4 is 4.72 Å². The Kier molecular flexibility index (Phi) is 6.85. The molecule has 1 N–H and O–H groups in total. The van der Waals surface area contributed by atoms with Crippen molar-refractivity contribution in [3.8, 4) is 0 Å². The third-order valence-electron chi connectivity index (χ3n) is 5.85. The fraction of sp³-hybridized carbons (Fsp3) is 0.375. The van der Waals surface area contributed by atoms with Crippen molar-refractivity contribution in [3.05, 3.63) is 77.4 Å². The lowest BCUT2D eigenvalue weighted by atomic mass is 10.1. The molecule has 2 aliphatic rings. The third kappa shape index (κ3) is 5.42. The zero-order chi connectivity index (χ0) is 21.7. The average Bonchev–Trinajstić information content (AvgIpc) is 3.01. The van der Waals surface area contributed by atoms with Crippen molar-refractivity contribution in [1.29, 1.82) is 0 Å². The summed E-state index contributed by atoms with van der Waals surface area (Å²) in [6.45, 7) is 8.71. The molecule has 164 valence electrons. The summed E-state index contributed by atoms with van der Waals surface area (Å²) in [7, 11) is -3.55. The molecule has 1 fully saturated rings. The molecule has 4 rings (SSSR count). The lowest BCUT2D eigenvalue weighted by Crippen LogP contribution is -2.46. The van der Waals surface area contributed by atoms with Gasteiger partial charge in [0.05, 0.1) is 0 Å². The molecule has 0 spiro atoms. The average molecular weight is 439 g/mol. The van der Waals surface area contributed by atoms with Gasteiger partial charge in [-0.25, -0.2) is 8.42 Å². The normalized spacial score (nSPS) is 20.9. The molecule has 2 aliphatic heterocycles. The van der Waals surface area contributed by atoms with E-state index in [4.69, 9.17) is 0 Å². The van der Waals surface area contributed by atoms with Gasteiger partial charge in [0, 0.05) is 44.8 Å². The fourth-order valence-electron chi connectivity index (χ4n) is 4.17. The Balaban J connectivity index is 1.26. The van der Waals surface area contributed by atoms with E-state index in [0.29, 0.717) is 28.4 Å². The van der Waals surface area contributed by atoms with E-state index in [2.05, 4.69) is 49.8 Å². The molecule has 2 aromatic carbocycles. The van der Waals surface area contributed by atoms with Crippen molar-refractivity contribution >= 4 is 20.8 Å². The fourth-order valence-corrected chi connectivity index (χ4v) is 5.69. The molecule has 0 atom stereocenters. The van der Waals surface area contributed by atoms with Gasteiger partial charge in [-0.05, 0) is 31.0 Å². The predicted octanol–water partition coefficient (Wildman–Crippen LogP) is 2.96. The molecule has 0 unspecified atom stereocenters. The summed E-state index contributed by atoms with van der Waals surface area (Å²) in [4.78, 5) is 9.87. The van der Waals surface area contributed by atoms with Crippen LogP contribution in [0.25, 0.3) is 4.91 Å². The molecule has 2 aromatic rings. The number of benzene rings is 2. The van der Waals surface area contributed by atoms with Crippen molar-refractivity contribution in [1.82, 2.24) is 14.5 Å². The number of nitrogens with zero attached hydrogens (tertiary/aromatic N) is 3. The topological polar surface area (TPSA) is 65.0 Å². The molecule has 7 heteroatoms. The van der Waals surface area contributed by atoms with Crippen LogP contribution in [-0.2, 0) is 16.6 Å². The van der Waals surface area contributed by atoms with Crippen LogP contribution in [0.1, 0.15) is 24.5 Å². The van der Waals surface area contributed by atoms with Gasteiger partial charge in [-0.15, -0.1) is 0 Å². The molecule has 2 heterocycles. The molecule has 0 aromatic heterocycles. The SMILES string of the molecule is CC1=C(c2ccccc2)S(=O)(=O)NC1=NCCCN1CCN(Cc2ccccc2)CC1. The summed E-state index contributed by atoms with van der Waals surface area (Å²) < 4.78 is 27.7. The van der Waals surface area contributed by atoms with E-state index in [1.165, 1.54) is 5.56 Å². The molecular formula is C24H30N4O2S. The summed E-state index contributed by atoms with van der Waals surface area (Å²) in [6, 6.07) is 19.8. The van der Waals surface area contributed by atoms with Crippen LogP contribution in [0.3, 0.4) is 0 Å². The summed E-state index contributed by atoms with van der Waals surface area (Å²) in [5.74, 6) is 0.478. The Hall–Kier alpha value is -2.48. The lowest BCUT2D eigenvalue weighted by Gasteiger charge is -2.34. The largest absolute Gasteiger partial charge is 0.301 e. The first kappa shape index (κ1) is 21.7. The van der Waals surface area contributed by atoms with E-state index < -0.39 is 10.0 Å². The van der Waals surface area contributed by atoms with Gasteiger partial charge >= 0.3 is 0 Å². The van der Waals surface area contributed by atoms with Crippen LogP contribution in [0, 0.1) is 0 Å². The minimum absolute atomic E-state index is 0.335. The second kappa shape index (κ2) is 9.77. The molecule has 0 bridgehead atoms. The highest BCUT2D eigenvalue weighted by Gasteiger charge is 2.32. The van der Waals surface area contributed by atoms with Crippen molar-refractivity contribution in [2.24, 2.45) is 4.99 Å². The minimum atomic E-state index is -3.55. The number of piperazine rings is 1. The van der Waals surface area contributed by atoms with Gasteiger partial charge in [0.2, 0.25) is 0 Å². The standard InChI is InChI=1S/C24H30N4O2S/c1-20-23(22-11-6-3-7-12-22)31(29,30)26-24(20)25-13-8-14-27-15-17-28(18-16-27)19-21-9-4-2-5-10-21/h2-7,9-12H,8,13-19H2,1H3,(H,25,26). The van der Waals surface area contributed by atoms with Crippen molar-refractivity contribution < 1.29 is 8.42 Å². The molecule has 0 aliphatic carbocycles. The maximum absolute atomic E-state index is 12.6. The highest BCUT2D eigenvalue weighted by molar-refractivity contribution is 8.00. The predicted molar refractivity (Wildman–Crippen MR) is 126 cm³/mol. The maximum atomic E-state index is 12.6. The van der Waals surface area contributed by atoms with Crippen LogP contribution in [0.2, 0.25) is 0 Å². The van der Waals surface area contributed by atoms with Gasteiger partial charge in [-0.2, -0.15) is 0 Å². The maximum Gasteiger partial charge on any atom is 0.264 e. The van der Waals surface area contributed by atoms with Crippen LogP contribution in [0.15, 0.2) is 71.2 Å². The van der Waals surface area contributed by atoms with E-state index >= 15 is 0 Å². The van der Waals surface area contributed by atoms with Crippen LogP contribution in [-0.4, -0.2) is 63.3 Å². The van der Waals surface area contributed by atoms with Gasteiger partial charge in [0.15, 0.2) is 0 Å². The van der Waals surface area contributed by atoms with Gasteiger partial charge in [-0.1, -0.05) is 60.7 Å². The second-order valence-corrected chi connectivity index (χ2v) is 9.73. The molecule has 1 saturated heterocycles. The second-order valence-electron chi connectivity index (χ2n) is 8.11. The Morgan fingerprint density at radius 1 is 0.903 bits per heavy atom. The van der Waals surface area contributed by atoms with Crippen molar-refractivity contribution in [2.45, 2.75) is 19.9 Å². The third-order valence-corrected chi connectivity index (χ3v) is 7.39. The van der Waals surface area contributed by atoms with Gasteiger partial charge in [0.25, 0.3) is 10.0 Å². The highest BCUT2D eigenvalue weighted by atomic mass is 32.2. The lowest BCUT2D eigenvalue weighted by molar-refractivity contribution is 0.127. The first-order valence-corrected chi connectivity index (χ1v) is 12.3. The van der Waals surface area contributed by atoms with E-state index in [1.807, 2.05) is 37.3 Å². The summed E-state index contributed by atoms with van der Waals surface area (Å²) in [6.07, 6.45) is 0.915. The molecule has 6 nitrogen and oxygen atoms in total. The van der Waals surface area contributed by atoms with Crippen LogP contribution in [0.5, 0.6) is 0 Å². The Labute approximate surface area is 185 Å². The smallest absolute Gasteiger partial charge is 0.264 e. The Morgan fingerprint density at radius 3 is 2.19 bits per heavy atom. The number of aliphatic imine (C=N–C) groups is 1. The number of hydrogen-bond acceptors (Lipinski definition) is 5. The summed E-state index contributed by atoms with van der Waals surface area (Å²) in [5.41, 5.74) is 2.76. The molecule has 31 heavy (non-hydrogen) atoms. The number of sulfonamides is 1. The Morgan fingerprint density at radius 2 is 1.52 bits per heavy atom. The van der Waals surface area contributed by atoms with E-state index in [0.717, 1.165) is 45.7 Å². The molecular weight excluding hydrogens is 408 g/mol. The van der Waals surface area contributed by atoms with Gasteiger partial charge in [0.1, 0.15) is 10.7 Å². The quantitative estimate of drug-likeness (QED) is 0.675. The van der Waals surface area contributed by atoms with Crippen molar-refractivity contribution in [2.75, 3.05) is 39.3 Å². The van der Waals surface area contributed by atoms with Crippen LogP contribution in [0.4, 0.5) is 0 Å².